The van der Waals surface area contributed by atoms with E-state index in [1.165, 1.54) is 4.90 Å². The minimum Gasteiger partial charge on any atom is -0.481 e. The van der Waals surface area contributed by atoms with E-state index in [9.17, 15) is 14.4 Å². The van der Waals surface area contributed by atoms with Crippen molar-refractivity contribution in [3.63, 3.8) is 0 Å². The lowest BCUT2D eigenvalue weighted by atomic mass is 10.1. The summed E-state index contributed by atoms with van der Waals surface area (Å²) in [6.07, 6.45) is 1.40. The number of carbonyl (C=O) groups excluding carboxylic acids is 2. The Kier molecular flexibility index (Phi) is 5.36. The molecule has 2 atom stereocenters. The van der Waals surface area contributed by atoms with Gasteiger partial charge in [-0.05, 0) is 24.1 Å². The summed E-state index contributed by atoms with van der Waals surface area (Å²) >= 11 is 0. The molecule has 0 unspecified atom stereocenters. The van der Waals surface area contributed by atoms with Gasteiger partial charge in [-0.3, -0.25) is 14.4 Å². The number of carboxylic acids is 1. The maximum absolute atomic E-state index is 12.0. The first kappa shape index (κ1) is 17.0. The summed E-state index contributed by atoms with van der Waals surface area (Å²) in [4.78, 5) is 36.4. The molecule has 0 spiro atoms. The Labute approximate surface area is 135 Å². The molecule has 6 heteroatoms. The molecule has 0 saturated carbocycles. The van der Waals surface area contributed by atoms with E-state index in [0.717, 1.165) is 6.42 Å². The third kappa shape index (κ3) is 4.31. The molecule has 1 aliphatic rings. The number of rotatable bonds is 6. The first-order chi connectivity index (χ1) is 10.9. The SMILES string of the molecule is CC[C@H](C)CC(=O)Nc1cccc(N2C[C@H](C(=O)O)CC2=O)c1. The molecule has 2 rings (SSSR count). The standard InChI is InChI=1S/C17H22N2O4/c1-3-11(2)7-15(20)18-13-5-4-6-14(9-13)19-10-12(17(22)23)8-16(19)21/h4-6,9,11-12H,3,7-8,10H2,1-2H3,(H,18,20)(H,22,23)/t11-,12+/m0/s1. The number of anilines is 2. The fourth-order valence-corrected chi connectivity index (χ4v) is 2.55. The molecule has 0 radical (unpaired) electrons. The third-order valence-corrected chi connectivity index (χ3v) is 4.15. The Bertz CT molecular complexity index is 614. The number of hydrogen-bond donors (Lipinski definition) is 2. The number of nitrogens with zero attached hydrogens (tertiary/aromatic N) is 1. The Morgan fingerprint density at radius 3 is 2.78 bits per heavy atom. The molecule has 1 aromatic rings. The van der Waals surface area contributed by atoms with E-state index in [2.05, 4.69) is 5.32 Å². The Morgan fingerprint density at radius 2 is 2.17 bits per heavy atom. The summed E-state index contributed by atoms with van der Waals surface area (Å²) in [7, 11) is 0. The highest BCUT2D eigenvalue weighted by Gasteiger charge is 2.35. The maximum atomic E-state index is 12.0. The summed E-state index contributed by atoms with van der Waals surface area (Å²) in [5.41, 5.74) is 1.22. The molecule has 1 fully saturated rings. The minimum absolute atomic E-state index is 0.0138. The summed E-state index contributed by atoms with van der Waals surface area (Å²) in [5, 5.41) is 11.9. The fourth-order valence-electron chi connectivity index (χ4n) is 2.55. The molecular formula is C17H22N2O4. The van der Waals surface area contributed by atoms with E-state index < -0.39 is 11.9 Å². The Morgan fingerprint density at radius 1 is 1.43 bits per heavy atom. The molecule has 23 heavy (non-hydrogen) atoms. The highest BCUT2D eigenvalue weighted by atomic mass is 16.4. The van der Waals surface area contributed by atoms with Gasteiger partial charge in [0.25, 0.3) is 0 Å². The summed E-state index contributed by atoms with van der Waals surface area (Å²) in [6, 6.07) is 6.95. The van der Waals surface area contributed by atoms with Crippen LogP contribution in [0.25, 0.3) is 0 Å². The van der Waals surface area contributed by atoms with E-state index in [-0.39, 0.29) is 24.8 Å². The Hall–Kier alpha value is -2.37. The average molecular weight is 318 g/mol. The van der Waals surface area contributed by atoms with E-state index in [0.29, 0.717) is 23.7 Å². The largest absolute Gasteiger partial charge is 0.481 e. The topological polar surface area (TPSA) is 86.7 Å². The number of aliphatic carboxylic acids is 1. The van der Waals surface area contributed by atoms with Crippen molar-refractivity contribution >= 4 is 29.2 Å². The van der Waals surface area contributed by atoms with Crippen LogP contribution >= 0.6 is 0 Å². The van der Waals surface area contributed by atoms with E-state index in [1.54, 1.807) is 24.3 Å². The normalized spacial score (nSPS) is 18.8. The first-order valence-corrected chi connectivity index (χ1v) is 7.83. The highest BCUT2D eigenvalue weighted by Crippen LogP contribution is 2.27. The predicted molar refractivity (Wildman–Crippen MR) is 87.2 cm³/mol. The number of amides is 2. The number of carbonyl (C=O) groups is 3. The summed E-state index contributed by atoms with van der Waals surface area (Å²) in [6.45, 7) is 4.22. The van der Waals surface area contributed by atoms with Crippen molar-refractivity contribution in [1.82, 2.24) is 0 Å². The van der Waals surface area contributed by atoms with Crippen molar-refractivity contribution in [3.8, 4) is 0 Å². The molecule has 1 saturated heterocycles. The van der Waals surface area contributed by atoms with Gasteiger partial charge in [0.15, 0.2) is 0 Å². The van der Waals surface area contributed by atoms with Crippen molar-refractivity contribution in [3.05, 3.63) is 24.3 Å². The average Bonchev–Trinajstić information content (AvgIpc) is 2.89. The van der Waals surface area contributed by atoms with Crippen molar-refractivity contribution in [2.45, 2.75) is 33.1 Å². The van der Waals surface area contributed by atoms with E-state index in [1.807, 2.05) is 13.8 Å². The summed E-state index contributed by atoms with van der Waals surface area (Å²) < 4.78 is 0. The molecule has 1 aromatic carbocycles. The lowest BCUT2D eigenvalue weighted by Gasteiger charge is -2.17. The van der Waals surface area contributed by atoms with Gasteiger partial charge in [0, 0.05) is 30.8 Å². The third-order valence-electron chi connectivity index (χ3n) is 4.15. The van der Waals surface area contributed by atoms with Crippen LogP contribution in [-0.4, -0.2) is 29.4 Å². The highest BCUT2D eigenvalue weighted by molar-refractivity contribution is 6.00. The lowest BCUT2D eigenvalue weighted by Crippen LogP contribution is -2.26. The van der Waals surface area contributed by atoms with Crippen molar-refractivity contribution in [2.24, 2.45) is 11.8 Å². The van der Waals surface area contributed by atoms with Gasteiger partial charge in [0.05, 0.1) is 5.92 Å². The van der Waals surface area contributed by atoms with Crippen LogP contribution in [0.5, 0.6) is 0 Å². The van der Waals surface area contributed by atoms with Crippen LogP contribution in [0.15, 0.2) is 24.3 Å². The van der Waals surface area contributed by atoms with Gasteiger partial charge in [0.2, 0.25) is 11.8 Å². The second-order valence-corrected chi connectivity index (χ2v) is 6.06. The number of nitrogens with one attached hydrogen (secondary N) is 1. The van der Waals surface area contributed by atoms with Crippen LogP contribution in [0.1, 0.15) is 33.1 Å². The van der Waals surface area contributed by atoms with Crippen molar-refractivity contribution in [2.75, 3.05) is 16.8 Å². The van der Waals surface area contributed by atoms with Gasteiger partial charge in [0.1, 0.15) is 0 Å². The van der Waals surface area contributed by atoms with Crippen LogP contribution in [0.2, 0.25) is 0 Å². The molecule has 0 aliphatic carbocycles. The van der Waals surface area contributed by atoms with Gasteiger partial charge in [-0.2, -0.15) is 0 Å². The van der Waals surface area contributed by atoms with Crippen LogP contribution < -0.4 is 10.2 Å². The molecule has 6 nitrogen and oxygen atoms in total. The van der Waals surface area contributed by atoms with Crippen molar-refractivity contribution in [1.29, 1.82) is 0 Å². The molecule has 1 aliphatic heterocycles. The summed E-state index contributed by atoms with van der Waals surface area (Å²) in [5.74, 6) is -1.59. The first-order valence-electron chi connectivity index (χ1n) is 7.83. The fraction of sp³-hybridized carbons (Fsp3) is 0.471. The zero-order chi connectivity index (χ0) is 17.0. The van der Waals surface area contributed by atoms with E-state index >= 15 is 0 Å². The van der Waals surface area contributed by atoms with Gasteiger partial charge in [-0.15, -0.1) is 0 Å². The molecule has 2 N–H and O–H groups in total. The second kappa shape index (κ2) is 7.26. The van der Waals surface area contributed by atoms with Crippen LogP contribution in [0, 0.1) is 11.8 Å². The van der Waals surface area contributed by atoms with Gasteiger partial charge in [-0.25, -0.2) is 0 Å². The molecule has 0 aromatic heterocycles. The molecule has 0 bridgehead atoms. The predicted octanol–water partition coefficient (Wildman–Crippen LogP) is 2.50. The van der Waals surface area contributed by atoms with Crippen LogP contribution in [-0.2, 0) is 14.4 Å². The Balaban J connectivity index is 2.07. The van der Waals surface area contributed by atoms with Gasteiger partial charge >= 0.3 is 5.97 Å². The number of hydrogen-bond acceptors (Lipinski definition) is 3. The maximum Gasteiger partial charge on any atom is 0.308 e. The number of benzene rings is 1. The van der Waals surface area contributed by atoms with Crippen LogP contribution in [0.4, 0.5) is 11.4 Å². The molecular weight excluding hydrogens is 296 g/mol. The zero-order valence-electron chi connectivity index (χ0n) is 13.4. The quantitative estimate of drug-likeness (QED) is 0.843. The second-order valence-electron chi connectivity index (χ2n) is 6.06. The van der Waals surface area contributed by atoms with E-state index in [4.69, 9.17) is 5.11 Å². The van der Waals surface area contributed by atoms with Crippen LogP contribution in [0.3, 0.4) is 0 Å². The molecule has 2 amide bonds. The van der Waals surface area contributed by atoms with Crippen molar-refractivity contribution < 1.29 is 19.5 Å². The smallest absolute Gasteiger partial charge is 0.308 e. The molecule has 124 valence electrons. The minimum atomic E-state index is -0.959. The monoisotopic (exact) mass is 318 g/mol. The van der Waals surface area contributed by atoms with Gasteiger partial charge < -0.3 is 15.3 Å². The number of carboxylic acid groups (broad SMARTS) is 1. The molecule has 1 heterocycles. The lowest BCUT2D eigenvalue weighted by molar-refractivity contribution is -0.141. The van der Waals surface area contributed by atoms with Gasteiger partial charge in [-0.1, -0.05) is 26.3 Å². The zero-order valence-corrected chi connectivity index (χ0v) is 13.4.